The largest absolute Gasteiger partial charge is 0.479 e. The Morgan fingerprint density at radius 3 is 2.41 bits per heavy atom. The Labute approximate surface area is 130 Å². The number of carbonyl (C=O) groups is 1. The van der Waals surface area contributed by atoms with Gasteiger partial charge in [0, 0.05) is 23.8 Å². The number of hydrogen-bond acceptors (Lipinski definition) is 4. The molecule has 1 unspecified atom stereocenters. The van der Waals surface area contributed by atoms with Crippen LogP contribution in [0, 0.1) is 0 Å². The average molecular weight is 300 g/mol. The third-order valence-corrected chi connectivity index (χ3v) is 3.20. The minimum atomic E-state index is -0.924. The van der Waals surface area contributed by atoms with Gasteiger partial charge >= 0.3 is 5.97 Å². The summed E-state index contributed by atoms with van der Waals surface area (Å²) < 4.78 is 5.55. The van der Waals surface area contributed by atoms with Crippen LogP contribution in [0.1, 0.15) is 26.2 Å². The number of anilines is 2. The van der Waals surface area contributed by atoms with Gasteiger partial charge in [-0.15, -0.1) is 0 Å². The van der Waals surface area contributed by atoms with Gasteiger partial charge in [-0.05, 0) is 49.2 Å². The van der Waals surface area contributed by atoms with E-state index in [1.165, 1.54) is 0 Å². The first-order chi connectivity index (χ1) is 10.7. The summed E-state index contributed by atoms with van der Waals surface area (Å²) >= 11 is 0. The van der Waals surface area contributed by atoms with E-state index >= 15 is 0 Å². The zero-order valence-corrected chi connectivity index (χ0v) is 12.5. The fourth-order valence-corrected chi connectivity index (χ4v) is 2.01. The normalized spacial score (nSPS) is 11.7. The Bertz CT molecular complexity index is 585. The molecule has 0 fully saturated rings. The monoisotopic (exact) mass is 300 g/mol. The lowest BCUT2D eigenvalue weighted by atomic mass is 10.1. The molecule has 2 N–H and O–H groups in total. The lowest BCUT2D eigenvalue weighted by Crippen LogP contribution is -2.26. The Hall–Kier alpha value is -2.56. The molecular weight excluding hydrogens is 280 g/mol. The van der Waals surface area contributed by atoms with Gasteiger partial charge in [-0.3, -0.25) is 4.98 Å². The molecular formula is C17H20N2O3. The van der Waals surface area contributed by atoms with E-state index in [2.05, 4.69) is 10.3 Å². The topological polar surface area (TPSA) is 71.5 Å². The number of carboxylic acid groups (broad SMARTS) is 1. The minimum absolute atomic E-state index is 0.517. The number of aliphatic carboxylic acids is 1. The molecule has 1 atom stereocenters. The molecule has 0 saturated carbocycles. The van der Waals surface area contributed by atoms with Gasteiger partial charge in [-0.25, -0.2) is 4.79 Å². The van der Waals surface area contributed by atoms with Gasteiger partial charge in [0.15, 0.2) is 6.10 Å². The van der Waals surface area contributed by atoms with Crippen LogP contribution >= 0.6 is 0 Å². The molecule has 1 aromatic carbocycles. The van der Waals surface area contributed by atoms with Crippen molar-refractivity contribution in [3.05, 3.63) is 48.8 Å². The summed E-state index contributed by atoms with van der Waals surface area (Å²) in [7, 11) is 0. The van der Waals surface area contributed by atoms with Crippen molar-refractivity contribution < 1.29 is 14.6 Å². The van der Waals surface area contributed by atoms with Crippen molar-refractivity contribution in [1.29, 1.82) is 0 Å². The molecule has 0 aliphatic heterocycles. The van der Waals surface area contributed by atoms with E-state index in [9.17, 15) is 4.79 Å². The third-order valence-electron chi connectivity index (χ3n) is 3.20. The standard InChI is InChI=1S/C17H20N2O3/c1-2-3-4-16(17(20)21)22-15-7-5-13(6-8-15)19-14-9-11-18-12-10-14/h5-12,16H,2-4H2,1H3,(H,18,19)(H,20,21). The number of ether oxygens (including phenoxy) is 1. The first-order valence-electron chi connectivity index (χ1n) is 7.35. The number of pyridine rings is 1. The van der Waals surface area contributed by atoms with Crippen LogP contribution in [0.5, 0.6) is 5.75 Å². The fraction of sp³-hybridized carbons (Fsp3) is 0.294. The Balaban J connectivity index is 1.97. The maximum Gasteiger partial charge on any atom is 0.344 e. The Morgan fingerprint density at radius 1 is 1.18 bits per heavy atom. The molecule has 1 heterocycles. The van der Waals surface area contributed by atoms with Crippen molar-refractivity contribution in [3.8, 4) is 5.75 Å². The number of rotatable bonds is 8. The smallest absolute Gasteiger partial charge is 0.344 e. The van der Waals surface area contributed by atoms with E-state index in [1.807, 2.05) is 31.2 Å². The Morgan fingerprint density at radius 2 is 1.82 bits per heavy atom. The summed E-state index contributed by atoms with van der Waals surface area (Å²) in [6.07, 6.45) is 4.93. The Kier molecular flexibility index (Phi) is 5.77. The van der Waals surface area contributed by atoms with Gasteiger partial charge in [0.05, 0.1) is 0 Å². The van der Waals surface area contributed by atoms with Gasteiger partial charge < -0.3 is 15.2 Å². The molecule has 0 spiro atoms. The van der Waals surface area contributed by atoms with Gasteiger partial charge in [-0.1, -0.05) is 13.3 Å². The lowest BCUT2D eigenvalue weighted by Gasteiger charge is -2.15. The first kappa shape index (κ1) is 15.8. The zero-order chi connectivity index (χ0) is 15.8. The SMILES string of the molecule is CCCCC(Oc1ccc(Nc2ccncc2)cc1)C(=O)O. The molecule has 0 saturated heterocycles. The van der Waals surface area contributed by atoms with E-state index in [0.29, 0.717) is 12.2 Å². The first-order valence-corrected chi connectivity index (χ1v) is 7.35. The maximum absolute atomic E-state index is 11.2. The molecule has 1 aromatic heterocycles. The van der Waals surface area contributed by atoms with Crippen molar-refractivity contribution in [2.24, 2.45) is 0 Å². The second kappa shape index (κ2) is 8.02. The van der Waals surface area contributed by atoms with Crippen LogP contribution in [0.25, 0.3) is 0 Å². The number of aromatic nitrogens is 1. The van der Waals surface area contributed by atoms with Crippen LogP contribution in [0.15, 0.2) is 48.8 Å². The van der Waals surface area contributed by atoms with E-state index in [-0.39, 0.29) is 0 Å². The molecule has 5 nitrogen and oxygen atoms in total. The highest BCUT2D eigenvalue weighted by Crippen LogP contribution is 2.21. The number of hydrogen-bond donors (Lipinski definition) is 2. The lowest BCUT2D eigenvalue weighted by molar-refractivity contribution is -0.145. The fourth-order valence-electron chi connectivity index (χ4n) is 2.01. The van der Waals surface area contributed by atoms with Crippen molar-refractivity contribution in [2.75, 3.05) is 5.32 Å². The zero-order valence-electron chi connectivity index (χ0n) is 12.5. The number of carboxylic acids is 1. The van der Waals surface area contributed by atoms with Crippen molar-refractivity contribution >= 4 is 17.3 Å². The predicted molar refractivity (Wildman–Crippen MR) is 85.5 cm³/mol. The average Bonchev–Trinajstić information content (AvgIpc) is 2.54. The predicted octanol–water partition coefficient (Wildman–Crippen LogP) is 3.85. The van der Waals surface area contributed by atoms with Crippen LogP contribution < -0.4 is 10.1 Å². The second-order valence-electron chi connectivity index (χ2n) is 4.97. The van der Waals surface area contributed by atoms with Gasteiger partial charge in [0.25, 0.3) is 0 Å². The number of nitrogens with zero attached hydrogens (tertiary/aromatic N) is 1. The summed E-state index contributed by atoms with van der Waals surface area (Å²) in [5, 5.41) is 12.4. The van der Waals surface area contributed by atoms with E-state index in [1.54, 1.807) is 24.5 Å². The molecule has 2 aromatic rings. The van der Waals surface area contributed by atoms with Crippen LogP contribution in [0.3, 0.4) is 0 Å². The number of unbranched alkanes of at least 4 members (excludes halogenated alkanes) is 1. The quantitative estimate of drug-likeness (QED) is 0.775. The minimum Gasteiger partial charge on any atom is -0.479 e. The highest BCUT2D eigenvalue weighted by Gasteiger charge is 2.18. The molecule has 0 amide bonds. The second-order valence-corrected chi connectivity index (χ2v) is 4.97. The van der Waals surface area contributed by atoms with Crippen LogP contribution in [-0.4, -0.2) is 22.2 Å². The molecule has 2 rings (SSSR count). The molecule has 116 valence electrons. The number of nitrogens with one attached hydrogen (secondary N) is 1. The molecule has 0 aliphatic rings. The molecule has 5 heteroatoms. The van der Waals surface area contributed by atoms with E-state index in [0.717, 1.165) is 24.2 Å². The summed E-state index contributed by atoms with van der Waals surface area (Å²) in [4.78, 5) is 15.1. The van der Waals surface area contributed by atoms with Crippen molar-refractivity contribution in [1.82, 2.24) is 4.98 Å². The summed E-state index contributed by atoms with van der Waals surface area (Å²) in [5.74, 6) is -0.365. The van der Waals surface area contributed by atoms with Crippen LogP contribution in [0.2, 0.25) is 0 Å². The third kappa shape index (κ3) is 4.77. The molecule has 0 aliphatic carbocycles. The maximum atomic E-state index is 11.2. The highest BCUT2D eigenvalue weighted by molar-refractivity contribution is 5.72. The van der Waals surface area contributed by atoms with Crippen molar-refractivity contribution in [3.63, 3.8) is 0 Å². The highest BCUT2D eigenvalue weighted by atomic mass is 16.5. The summed E-state index contributed by atoms with van der Waals surface area (Å²) in [5.41, 5.74) is 1.84. The summed E-state index contributed by atoms with van der Waals surface area (Å²) in [6.45, 7) is 2.03. The van der Waals surface area contributed by atoms with Crippen LogP contribution in [0.4, 0.5) is 11.4 Å². The van der Waals surface area contributed by atoms with E-state index < -0.39 is 12.1 Å². The van der Waals surface area contributed by atoms with Gasteiger partial charge in [-0.2, -0.15) is 0 Å². The number of benzene rings is 1. The summed E-state index contributed by atoms with van der Waals surface area (Å²) in [6, 6.07) is 11.0. The van der Waals surface area contributed by atoms with Gasteiger partial charge in [0.2, 0.25) is 0 Å². The molecule has 0 radical (unpaired) electrons. The molecule has 22 heavy (non-hydrogen) atoms. The molecule has 0 bridgehead atoms. The van der Waals surface area contributed by atoms with Crippen molar-refractivity contribution in [2.45, 2.75) is 32.3 Å². The van der Waals surface area contributed by atoms with E-state index in [4.69, 9.17) is 9.84 Å². The van der Waals surface area contributed by atoms with Crippen LogP contribution in [-0.2, 0) is 4.79 Å². The van der Waals surface area contributed by atoms with Gasteiger partial charge in [0.1, 0.15) is 5.75 Å².